The normalized spacial score (nSPS) is 10.1. The standard InChI is InChI=1S/C18H19ClN2O3/c1-2-24-16-8-6-14(7-9-16)18(23)21-12-17(22)20-11-13-4-3-5-15(19)10-13/h3-10H,2,11-12H2,1H3,(H,20,22)(H,21,23). The second-order valence-electron chi connectivity index (χ2n) is 5.05. The summed E-state index contributed by atoms with van der Waals surface area (Å²) >= 11 is 5.88. The predicted octanol–water partition coefficient (Wildman–Crippen LogP) is 2.78. The van der Waals surface area contributed by atoms with Crippen LogP contribution in [-0.4, -0.2) is 25.0 Å². The van der Waals surface area contributed by atoms with E-state index in [1.54, 1.807) is 36.4 Å². The summed E-state index contributed by atoms with van der Waals surface area (Å²) in [7, 11) is 0. The molecule has 24 heavy (non-hydrogen) atoms. The number of halogens is 1. The number of carbonyl (C=O) groups is 2. The van der Waals surface area contributed by atoms with Gasteiger partial charge in [-0.05, 0) is 48.9 Å². The molecular formula is C18H19ClN2O3. The van der Waals surface area contributed by atoms with Gasteiger partial charge in [-0.1, -0.05) is 23.7 Å². The summed E-state index contributed by atoms with van der Waals surface area (Å²) in [6.07, 6.45) is 0. The Hall–Kier alpha value is -2.53. The maximum atomic E-state index is 12.0. The molecule has 2 N–H and O–H groups in total. The average Bonchev–Trinajstić information content (AvgIpc) is 2.59. The molecule has 0 aliphatic rings. The molecule has 0 aliphatic heterocycles. The number of hydrogen-bond donors (Lipinski definition) is 2. The lowest BCUT2D eigenvalue weighted by atomic mass is 10.2. The third-order valence-corrected chi connectivity index (χ3v) is 3.45. The van der Waals surface area contributed by atoms with Crippen LogP contribution in [0.3, 0.4) is 0 Å². The molecule has 2 aromatic carbocycles. The van der Waals surface area contributed by atoms with Gasteiger partial charge in [0.15, 0.2) is 0 Å². The van der Waals surface area contributed by atoms with E-state index in [9.17, 15) is 9.59 Å². The number of carbonyl (C=O) groups excluding carboxylic acids is 2. The van der Waals surface area contributed by atoms with Gasteiger partial charge in [0.1, 0.15) is 5.75 Å². The van der Waals surface area contributed by atoms with E-state index >= 15 is 0 Å². The molecule has 0 saturated carbocycles. The number of nitrogens with one attached hydrogen (secondary N) is 2. The second-order valence-corrected chi connectivity index (χ2v) is 5.48. The SMILES string of the molecule is CCOc1ccc(C(=O)NCC(=O)NCc2cccc(Cl)c2)cc1. The fourth-order valence-electron chi connectivity index (χ4n) is 2.04. The third-order valence-electron chi connectivity index (χ3n) is 3.22. The molecule has 6 heteroatoms. The van der Waals surface area contributed by atoms with Crippen LogP contribution >= 0.6 is 11.6 Å². The van der Waals surface area contributed by atoms with E-state index in [0.29, 0.717) is 29.5 Å². The molecule has 0 fully saturated rings. The van der Waals surface area contributed by atoms with Gasteiger partial charge in [-0.3, -0.25) is 9.59 Å². The van der Waals surface area contributed by atoms with Gasteiger partial charge in [-0.15, -0.1) is 0 Å². The van der Waals surface area contributed by atoms with Gasteiger partial charge in [0.2, 0.25) is 5.91 Å². The van der Waals surface area contributed by atoms with E-state index in [4.69, 9.17) is 16.3 Å². The van der Waals surface area contributed by atoms with Crippen LogP contribution in [0.5, 0.6) is 5.75 Å². The highest BCUT2D eigenvalue weighted by molar-refractivity contribution is 6.30. The molecule has 0 unspecified atom stereocenters. The summed E-state index contributed by atoms with van der Waals surface area (Å²) in [5.74, 6) is 0.124. The van der Waals surface area contributed by atoms with Gasteiger partial charge in [0, 0.05) is 17.1 Å². The second kappa shape index (κ2) is 8.93. The number of benzene rings is 2. The van der Waals surface area contributed by atoms with Crippen LogP contribution in [-0.2, 0) is 11.3 Å². The van der Waals surface area contributed by atoms with Gasteiger partial charge in [-0.25, -0.2) is 0 Å². The molecule has 0 heterocycles. The van der Waals surface area contributed by atoms with Crippen molar-refractivity contribution in [3.05, 3.63) is 64.7 Å². The molecule has 0 bridgehead atoms. The van der Waals surface area contributed by atoms with Crippen molar-refractivity contribution in [2.75, 3.05) is 13.2 Å². The molecule has 2 amide bonds. The van der Waals surface area contributed by atoms with Crippen molar-refractivity contribution in [3.8, 4) is 5.75 Å². The Labute approximate surface area is 146 Å². The van der Waals surface area contributed by atoms with E-state index < -0.39 is 0 Å². The molecule has 0 spiro atoms. The Morgan fingerprint density at radius 1 is 1.08 bits per heavy atom. The number of rotatable bonds is 7. The Morgan fingerprint density at radius 2 is 1.83 bits per heavy atom. The molecule has 0 aliphatic carbocycles. The van der Waals surface area contributed by atoms with Crippen molar-refractivity contribution in [1.29, 1.82) is 0 Å². The molecule has 5 nitrogen and oxygen atoms in total. The zero-order chi connectivity index (χ0) is 17.4. The summed E-state index contributed by atoms with van der Waals surface area (Å²) in [4.78, 5) is 23.8. The Kier molecular flexibility index (Phi) is 6.63. The van der Waals surface area contributed by atoms with Crippen molar-refractivity contribution >= 4 is 23.4 Å². The largest absolute Gasteiger partial charge is 0.494 e. The fourth-order valence-corrected chi connectivity index (χ4v) is 2.25. The van der Waals surface area contributed by atoms with E-state index in [2.05, 4.69) is 10.6 Å². The molecule has 2 aromatic rings. The van der Waals surface area contributed by atoms with Crippen molar-refractivity contribution in [2.24, 2.45) is 0 Å². The summed E-state index contributed by atoms with van der Waals surface area (Å²) < 4.78 is 5.32. The maximum absolute atomic E-state index is 12.0. The highest BCUT2D eigenvalue weighted by atomic mass is 35.5. The first-order valence-electron chi connectivity index (χ1n) is 7.60. The monoisotopic (exact) mass is 346 g/mol. The predicted molar refractivity (Wildman–Crippen MR) is 93.2 cm³/mol. The van der Waals surface area contributed by atoms with Crippen LogP contribution < -0.4 is 15.4 Å². The summed E-state index contributed by atoms with van der Waals surface area (Å²) in [5.41, 5.74) is 1.37. The first-order chi connectivity index (χ1) is 11.6. The van der Waals surface area contributed by atoms with Crippen LogP contribution in [0, 0.1) is 0 Å². The van der Waals surface area contributed by atoms with Crippen LogP contribution in [0.4, 0.5) is 0 Å². The smallest absolute Gasteiger partial charge is 0.251 e. The molecule has 0 atom stereocenters. The van der Waals surface area contributed by atoms with Crippen LogP contribution in [0.15, 0.2) is 48.5 Å². The van der Waals surface area contributed by atoms with Gasteiger partial charge in [0.05, 0.1) is 13.2 Å². The highest BCUT2D eigenvalue weighted by Crippen LogP contribution is 2.12. The summed E-state index contributed by atoms with van der Waals surface area (Å²) in [5, 5.41) is 5.92. The van der Waals surface area contributed by atoms with Crippen molar-refractivity contribution in [2.45, 2.75) is 13.5 Å². The lowest BCUT2D eigenvalue weighted by Gasteiger charge is -2.08. The zero-order valence-corrected chi connectivity index (χ0v) is 14.1. The maximum Gasteiger partial charge on any atom is 0.251 e. The Balaban J connectivity index is 1.77. The molecule has 0 aromatic heterocycles. The van der Waals surface area contributed by atoms with E-state index in [-0.39, 0.29) is 18.4 Å². The minimum Gasteiger partial charge on any atom is -0.494 e. The summed E-state index contributed by atoms with van der Waals surface area (Å²) in [6, 6.07) is 14.0. The first-order valence-corrected chi connectivity index (χ1v) is 7.98. The lowest BCUT2D eigenvalue weighted by molar-refractivity contribution is -0.120. The third kappa shape index (κ3) is 5.59. The Morgan fingerprint density at radius 3 is 2.50 bits per heavy atom. The number of amides is 2. The molecular weight excluding hydrogens is 328 g/mol. The Bertz CT molecular complexity index is 702. The minimum atomic E-state index is -0.309. The van der Waals surface area contributed by atoms with Gasteiger partial charge >= 0.3 is 0 Å². The highest BCUT2D eigenvalue weighted by Gasteiger charge is 2.08. The molecule has 0 radical (unpaired) electrons. The van der Waals surface area contributed by atoms with Crippen LogP contribution in [0.1, 0.15) is 22.8 Å². The van der Waals surface area contributed by atoms with Crippen molar-refractivity contribution in [3.63, 3.8) is 0 Å². The number of hydrogen-bond acceptors (Lipinski definition) is 3. The van der Waals surface area contributed by atoms with E-state index in [0.717, 1.165) is 5.56 Å². The average molecular weight is 347 g/mol. The van der Waals surface area contributed by atoms with Crippen LogP contribution in [0.2, 0.25) is 5.02 Å². The van der Waals surface area contributed by atoms with Gasteiger partial charge in [-0.2, -0.15) is 0 Å². The molecule has 126 valence electrons. The van der Waals surface area contributed by atoms with E-state index in [1.807, 2.05) is 19.1 Å². The number of ether oxygens (including phenoxy) is 1. The van der Waals surface area contributed by atoms with Crippen LogP contribution in [0.25, 0.3) is 0 Å². The van der Waals surface area contributed by atoms with Crippen molar-refractivity contribution < 1.29 is 14.3 Å². The lowest BCUT2D eigenvalue weighted by Crippen LogP contribution is -2.36. The first kappa shape index (κ1) is 17.8. The van der Waals surface area contributed by atoms with Crippen molar-refractivity contribution in [1.82, 2.24) is 10.6 Å². The topological polar surface area (TPSA) is 67.4 Å². The quantitative estimate of drug-likeness (QED) is 0.810. The fraction of sp³-hybridized carbons (Fsp3) is 0.222. The molecule has 2 rings (SSSR count). The van der Waals surface area contributed by atoms with Gasteiger partial charge in [0.25, 0.3) is 5.91 Å². The van der Waals surface area contributed by atoms with E-state index in [1.165, 1.54) is 0 Å². The van der Waals surface area contributed by atoms with Gasteiger partial charge < -0.3 is 15.4 Å². The summed E-state index contributed by atoms with van der Waals surface area (Å²) in [6.45, 7) is 2.73. The minimum absolute atomic E-state index is 0.0907. The zero-order valence-electron chi connectivity index (χ0n) is 13.3. The molecule has 0 saturated heterocycles.